The number of halogens is 2. The van der Waals surface area contributed by atoms with Gasteiger partial charge in [-0.25, -0.2) is 0 Å². The molecule has 5 nitrogen and oxygen atoms in total. The highest BCUT2D eigenvalue weighted by molar-refractivity contribution is 6.32. The predicted octanol–water partition coefficient (Wildman–Crippen LogP) is 5.44. The maximum absolute atomic E-state index is 11.3. The van der Waals surface area contributed by atoms with Crippen molar-refractivity contribution in [3.05, 3.63) is 58.2 Å². The molecule has 3 aromatic rings. The number of carbonyl (C=O) groups is 1. The third kappa shape index (κ3) is 4.13. The molecule has 1 aromatic heterocycles. The minimum atomic E-state index is -0.206. The maximum atomic E-state index is 11.3. The van der Waals surface area contributed by atoms with Gasteiger partial charge < -0.3 is 10.1 Å². The molecular formula is C18H15Cl2N3O2. The van der Waals surface area contributed by atoms with Crippen LogP contribution in [0.15, 0.2) is 42.5 Å². The Hall–Kier alpha value is -2.50. The lowest BCUT2D eigenvalue weighted by molar-refractivity contribution is -0.114. The van der Waals surface area contributed by atoms with Gasteiger partial charge in [0.05, 0.1) is 16.4 Å². The van der Waals surface area contributed by atoms with Crippen molar-refractivity contribution in [1.29, 1.82) is 0 Å². The van der Waals surface area contributed by atoms with Crippen LogP contribution in [-0.2, 0) is 4.79 Å². The number of hydrogen-bond acceptors (Lipinski definition) is 3. The van der Waals surface area contributed by atoms with Crippen LogP contribution >= 0.6 is 23.2 Å². The minimum Gasteiger partial charge on any atom is -0.454 e. The number of aromatic amines is 1. The van der Waals surface area contributed by atoms with Crippen molar-refractivity contribution < 1.29 is 9.53 Å². The predicted molar refractivity (Wildman–Crippen MR) is 99.6 cm³/mol. The molecule has 0 fully saturated rings. The second kappa shape index (κ2) is 7.17. The first-order valence-corrected chi connectivity index (χ1v) is 8.25. The standard InChI is InChI=1S/C18H15Cl2N3O2/c1-10-7-16(23-22-10)12-3-6-17(14(20)8-12)25-18-9-13(19)4-5-15(18)21-11(2)24/h3-9H,1-2H3,(H,21,24)(H,22,23). The molecule has 1 heterocycles. The van der Waals surface area contributed by atoms with Gasteiger partial charge in [0.25, 0.3) is 0 Å². The maximum Gasteiger partial charge on any atom is 0.221 e. The van der Waals surface area contributed by atoms with E-state index in [2.05, 4.69) is 15.5 Å². The summed E-state index contributed by atoms with van der Waals surface area (Å²) < 4.78 is 5.86. The average molecular weight is 376 g/mol. The zero-order valence-electron chi connectivity index (χ0n) is 13.6. The van der Waals surface area contributed by atoms with E-state index in [0.717, 1.165) is 17.0 Å². The van der Waals surface area contributed by atoms with Gasteiger partial charge in [0.15, 0.2) is 5.75 Å². The summed E-state index contributed by atoms with van der Waals surface area (Å²) in [6.07, 6.45) is 0. The zero-order chi connectivity index (χ0) is 18.0. The van der Waals surface area contributed by atoms with Gasteiger partial charge in [-0.15, -0.1) is 0 Å². The van der Waals surface area contributed by atoms with Gasteiger partial charge in [0.1, 0.15) is 5.75 Å². The first-order chi connectivity index (χ1) is 11.9. The van der Waals surface area contributed by atoms with Crippen LogP contribution in [0.2, 0.25) is 10.0 Å². The average Bonchev–Trinajstić information content (AvgIpc) is 2.98. The van der Waals surface area contributed by atoms with Gasteiger partial charge in [0.2, 0.25) is 5.91 Å². The van der Waals surface area contributed by atoms with E-state index in [1.165, 1.54) is 6.92 Å². The zero-order valence-corrected chi connectivity index (χ0v) is 15.1. The van der Waals surface area contributed by atoms with Crippen molar-refractivity contribution >= 4 is 34.8 Å². The van der Waals surface area contributed by atoms with Gasteiger partial charge in [0, 0.05) is 29.3 Å². The molecular weight excluding hydrogens is 361 g/mol. The number of aryl methyl sites for hydroxylation is 1. The number of carbonyl (C=O) groups excluding carboxylic acids is 1. The Morgan fingerprint density at radius 2 is 1.92 bits per heavy atom. The van der Waals surface area contributed by atoms with Crippen LogP contribution in [-0.4, -0.2) is 16.1 Å². The Balaban J connectivity index is 1.91. The summed E-state index contributed by atoms with van der Waals surface area (Å²) >= 11 is 12.4. The lowest BCUT2D eigenvalue weighted by Crippen LogP contribution is -2.06. The van der Waals surface area contributed by atoms with Crippen LogP contribution in [0.3, 0.4) is 0 Å². The lowest BCUT2D eigenvalue weighted by Gasteiger charge is -2.13. The molecule has 128 valence electrons. The molecule has 0 saturated carbocycles. The quantitative estimate of drug-likeness (QED) is 0.637. The fourth-order valence-corrected chi connectivity index (χ4v) is 2.68. The summed E-state index contributed by atoms with van der Waals surface area (Å²) in [5.41, 5.74) is 3.15. The minimum absolute atomic E-state index is 0.206. The normalized spacial score (nSPS) is 10.6. The van der Waals surface area contributed by atoms with Gasteiger partial charge in [-0.3, -0.25) is 9.89 Å². The van der Waals surface area contributed by atoms with Gasteiger partial charge in [-0.2, -0.15) is 5.10 Å². The van der Waals surface area contributed by atoms with E-state index in [1.54, 1.807) is 30.3 Å². The third-order valence-corrected chi connectivity index (χ3v) is 3.94. The first kappa shape index (κ1) is 17.3. The summed E-state index contributed by atoms with van der Waals surface area (Å²) in [6.45, 7) is 3.35. The van der Waals surface area contributed by atoms with Crippen molar-refractivity contribution in [2.45, 2.75) is 13.8 Å². The van der Waals surface area contributed by atoms with E-state index in [1.807, 2.05) is 19.1 Å². The Morgan fingerprint density at radius 3 is 2.56 bits per heavy atom. The van der Waals surface area contributed by atoms with Crippen LogP contribution in [0, 0.1) is 6.92 Å². The number of benzene rings is 2. The number of anilines is 1. The number of rotatable bonds is 4. The smallest absolute Gasteiger partial charge is 0.221 e. The topological polar surface area (TPSA) is 67.0 Å². The molecule has 0 aliphatic heterocycles. The van der Waals surface area contributed by atoms with Crippen molar-refractivity contribution in [2.75, 3.05) is 5.32 Å². The summed E-state index contributed by atoms with van der Waals surface area (Å²) in [5, 5.41) is 10.7. The highest BCUT2D eigenvalue weighted by Gasteiger charge is 2.12. The number of aromatic nitrogens is 2. The van der Waals surface area contributed by atoms with E-state index in [9.17, 15) is 4.79 Å². The molecule has 2 aromatic carbocycles. The second-order valence-corrected chi connectivity index (χ2v) is 6.35. The summed E-state index contributed by atoms with van der Waals surface area (Å²) in [6, 6.07) is 12.3. The van der Waals surface area contributed by atoms with Crippen molar-refractivity contribution in [2.24, 2.45) is 0 Å². The number of nitrogens with zero attached hydrogens (tertiary/aromatic N) is 1. The highest BCUT2D eigenvalue weighted by Crippen LogP contribution is 2.37. The molecule has 0 spiro atoms. The van der Waals surface area contributed by atoms with E-state index >= 15 is 0 Å². The molecule has 0 atom stereocenters. The number of amides is 1. The van der Waals surface area contributed by atoms with Gasteiger partial charge in [-0.1, -0.05) is 23.2 Å². The number of hydrogen-bond donors (Lipinski definition) is 2. The summed E-state index contributed by atoms with van der Waals surface area (Å²) in [5.74, 6) is 0.655. The first-order valence-electron chi connectivity index (χ1n) is 7.49. The summed E-state index contributed by atoms with van der Waals surface area (Å²) in [4.78, 5) is 11.3. The van der Waals surface area contributed by atoms with Crippen LogP contribution in [0.1, 0.15) is 12.6 Å². The van der Waals surface area contributed by atoms with Crippen molar-refractivity contribution in [3.8, 4) is 22.8 Å². The van der Waals surface area contributed by atoms with E-state index in [-0.39, 0.29) is 5.91 Å². The molecule has 2 N–H and O–H groups in total. The SMILES string of the molecule is CC(=O)Nc1ccc(Cl)cc1Oc1ccc(-c2cc(C)[nH]n2)cc1Cl. The number of nitrogens with one attached hydrogen (secondary N) is 2. The summed E-state index contributed by atoms with van der Waals surface area (Å²) in [7, 11) is 0. The van der Waals surface area contributed by atoms with E-state index < -0.39 is 0 Å². The fraction of sp³-hybridized carbons (Fsp3) is 0.111. The molecule has 0 radical (unpaired) electrons. The van der Waals surface area contributed by atoms with Gasteiger partial charge >= 0.3 is 0 Å². The molecule has 0 saturated heterocycles. The van der Waals surface area contributed by atoms with Crippen molar-refractivity contribution in [3.63, 3.8) is 0 Å². The molecule has 0 aliphatic carbocycles. The fourth-order valence-electron chi connectivity index (χ4n) is 2.30. The van der Waals surface area contributed by atoms with Crippen LogP contribution < -0.4 is 10.1 Å². The molecule has 1 amide bonds. The number of ether oxygens (including phenoxy) is 1. The second-order valence-electron chi connectivity index (χ2n) is 5.51. The highest BCUT2D eigenvalue weighted by atomic mass is 35.5. The van der Waals surface area contributed by atoms with Crippen LogP contribution in [0.25, 0.3) is 11.3 Å². The molecule has 7 heteroatoms. The molecule has 0 bridgehead atoms. The largest absolute Gasteiger partial charge is 0.454 e. The Bertz CT molecular complexity index is 938. The van der Waals surface area contributed by atoms with Crippen LogP contribution in [0.5, 0.6) is 11.5 Å². The molecule has 0 aliphatic rings. The monoisotopic (exact) mass is 375 g/mol. The Kier molecular flexibility index (Phi) is 4.97. The molecule has 25 heavy (non-hydrogen) atoms. The lowest BCUT2D eigenvalue weighted by atomic mass is 10.1. The Labute approximate surface area is 154 Å². The van der Waals surface area contributed by atoms with Crippen molar-refractivity contribution in [1.82, 2.24) is 10.2 Å². The van der Waals surface area contributed by atoms with E-state index in [0.29, 0.717) is 27.2 Å². The van der Waals surface area contributed by atoms with Crippen LogP contribution in [0.4, 0.5) is 5.69 Å². The third-order valence-electron chi connectivity index (χ3n) is 3.41. The van der Waals surface area contributed by atoms with E-state index in [4.69, 9.17) is 27.9 Å². The molecule has 0 unspecified atom stereocenters. The Morgan fingerprint density at radius 1 is 1.12 bits per heavy atom. The molecule has 3 rings (SSSR count). The van der Waals surface area contributed by atoms with Gasteiger partial charge in [-0.05, 0) is 43.3 Å². The number of H-pyrrole nitrogens is 1.